The number of nitrogens with zero attached hydrogens (tertiary/aromatic N) is 1. The molecule has 4 atom stereocenters. The summed E-state index contributed by atoms with van der Waals surface area (Å²) in [5.41, 5.74) is 1.42. The molecule has 0 aliphatic carbocycles. The van der Waals surface area contributed by atoms with Crippen LogP contribution in [0.15, 0.2) is 30.3 Å². The number of nitrogens with one attached hydrogen (secondary N) is 1. The maximum atomic E-state index is 3.69. The summed E-state index contributed by atoms with van der Waals surface area (Å²) in [5.74, 6) is 0.627. The van der Waals surface area contributed by atoms with Crippen LogP contribution in [-0.4, -0.2) is 30.1 Å². The van der Waals surface area contributed by atoms with Crippen molar-refractivity contribution in [2.24, 2.45) is 5.92 Å². The standard InChI is InChI=1S/C19H32N2/c1-5-18-13-12-16(4)21(18)14-15(3)19(20-6-2)17-10-8-7-9-11-17/h7-11,15-16,18-20H,5-6,12-14H2,1-4H3. The molecular weight excluding hydrogens is 256 g/mol. The van der Waals surface area contributed by atoms with E-state index in [2.05, 4.69) is 68.2 Å². The minimum Gasteiger partial charge on any atom is -0.310 e. The molecule has 118 valence electrons. The van der Waals surface area contributed by atoms with Crippen molar-refractivity contribution in [2.45, 2.75) is 65.1 Å². The smallest absolute Gasteiger partial charge is 0.0358 e. The van der Waals surface area contributed by atoms with E-state index in [1.807, 2.05) is 0 Å². The molecule has 4 unspecified atom stereocenters. The third-order valence-corrected chi connectivity index (χ3v) is 5.07. The van der Waals surface area contributed by atoms with E-state index in [4.69, 9.17) is 0 Å². The predicted octanol–water partition coefficient (Wildman–Crippen LogP) is 4.24. The van der Waals surface area contributed by atoms with Crippen LogP contribution in [0.1, 0.15) is 58.6 Å². The Labute approximate surface area is 130 Å². The van der Waals surface area contributed by atoms with Crippen LogP contribution in [0.3, 0.4) is 0 Å². The molecule has 1 aliphatic rings. The maximum Gasteiger partial charge on any atom is 0.0358 e. The number of hydrogen-bond acceptors (Lipinski definition) is 2. The number of rotatable bonds is 7. The lowest BCUT2D eigenvalue weighted by atomic mass is 9.93. The molecular formula is C19H32N2. The number of benzene rings is 1. The van der Waals surface area contributed by atoms with Gasteiger partial charge in [0.05, 0.1) is 0 Å². The Balaban J connectivity index is 2.06. The monoisotopic (exact) mass is 288 g/mol. The molecule has 0 saturated carbocycles. The predicted molar refractivity (Wildman–Crippen MR) is 91.5 cm³/mol. The molecule has 2 heteroatoms. The van der Waals surface area contributed by atoms with Crippen molar-refractivity contribution in [1.29, 1.82) is 0 Å². The van der Waals surface area contributed by atoms with Crippen LogP contribution in [0.5, 0.6) is 0 Å². The minimum atomic E-state index is 0.460. The first-order valence-corrected chi connectivity index (χ1v) is 8.71. The highest BCUT2D eigenvalue weighted by Crippen LogP contribution is 2.30. The molecule has 0 aromatic heterocycles. The van der Waals surface area contributed by atoms with Gasteiger partial charge in [0.1, 0.15) is 0 Å². The highest BCUT2D eigenvalue weighted by atomic mass is 15.2. The molecule has 0 bridgehead atoms. The van der Waals surface area contributed by atoms with Crippen molar-refractivity contribution < 1.29 is 0 Å². The Bertz CT molecular complexity index is 403. The van der Waals surface area contributed by atoms with Crippen LogP contribution in [0.4, 0.5) is 0 Å². The van der Waals surface area contributed by atoms with Gasteiger partial charge in [-0.1, -0.05) is 51.1 Å². The van der Waals surface area contributed by atoms with Gasteiger partial charge < -0.3 is 5.32 Å². The van der Waals surface area contributed by atoms with Crippen molar-refractivity contribution >= 4 is 0 Å². The SMILES string of the molecule is CCNC(c1ccccc1)C(C)CN1C(C)CCC1CC. The molecule has 0 spiro atoms. The fourth-order valence-electron chi connectivity index (χ4n) is 3.86. The van der Waals surface area contributed by atoms with Gasteiger partial charge in [0.15, 0.2) is 0 Å². The average molecular weight is 288 g/mol. The van der Waals surface area contributed by atoms with Crippen LogP contribution in [0.2, 0.25) is 0 Å². The number of likely N-dealkylation sites (tertiary alicyclic amines) is 1. The lowest BCUT2D eigenvalue weighted by Gasteiger charge is -2.34. The molecule has 1 aromatic carbocycles. The van der Waals surface area contributed by atoms with Gasteiger partial charge in [-0.05, 0) is 44.2 Å². The van der Waals surface area contributed by atoms with Crippen molar-refractivity contribution in [3.63, 3.8) is 0 Å². The fraction of sp³-hybridized carbons (Fsp3) is 0.684. The van der Waals surface area contributed by atoms with Gasteiger partial charge >= 0.3 is 0 Å². The molecule has 1 aliphatic heterocycles. The lowest BCUT2D eigenvalue weighted by Crippen LogP contribution is -2.41. The fourth-order valence-corrected chi connectivity index (χ4v) is 3.86. The molecule has 0 radical (unpaired) electrons. The van der Waals surface area contributed by atoms with Gasteiger partial charge in [-0.2, -0.15) is 0 Å². The third-order valence-electron chi connectivity index (χ3n) is 5.07. The number of hydrogen-bond donors (Lipinski definition) is 1. The highest BCUT2D eigenvalue weighted by molar-refractivity contribution is 5.19. The summed E-state index contributed by atoms with van der Waals surface area (Å²) in [7, 11) is 0. The van der Waals surface area contributed by atoms with Crippen molar-refractivity contribution in [3.05, 3.63) is 35.9 Å². The van der Waals surface area contributed by atoms with Gasteiger partial charge in [-0.3, -0.25) is 4.90 Å². The van der Waals surface area contributed by atoms with Gasteiger partial charge in [-0.25, -0.2) is 0 Å². The van der Waals surface area contributed by atoms with Crippen molar-refractivity contribution in [1.82, 2.24) is 10.2 Å². The zero-order valence-corrected chi connectivity index (χ0v) is 14.2. The van der Waals surface area contributed by atoms with E-state index in [1.54, 1.807) is 0 Å². The second-order valence-electron chi connectivity index (χ2n) is 6.61. The Morgan fingerprint density at radius 2 is 1.90 bits per heavy atom. The second-order valence-corrected chi connectivity index (χ2v) is 6.61. The van der Waals surface area contributed by atoms with Gasteiger partial charge in [-0.15, -0.1) is 0 Å². The maximum absolute atomic E-state index is 3.69. The summed E-state index contributed by atoms with van der Waals surface area (Å²) >= 11 is 0. The normalized spacial score (nSPS) is 25.9. The first kappa shape index (κ1) is 16.5. The molecule has 1 N–H and O–H groups in total. The zero-order chi connectivity index (χ0) is 15.2. The van der Waals surface area contributed by atoms with Crippen molar-refractivity contribution in [3.8, 4) is 0 Å². The van der Waals surface area contributed by atoms with Gasteiger partial charge in [0.2, 0.25) is 0 Å². The van der Waals surface area contributed by atoms with E-state index < -0.39 is 0 Å². The van der Waals surface area contributed by atoms with Crippen LogP contribution < -0.4 is 5.32 Å². The van der Waals surface area contributed by atoms with Crippen LogP contribution in [-0.2, 0) is 0 Å². The lowest BCUT2D eigenvalue weighted by molar-refractivity contribution is 0.155. The molecule has 1 heterocycles. The van der Waals surface area contributed by atoms with Gasteiger partial charge in [0.25, 0.3) is 0 Å². The minimum absolute atomic E-state index is 0.460. The summed E-state index contributed by atoms with van der Waals surface area (Å²) in [6, 6.07) is 12.9. The Morgan fingerprint density at radius 3 is 2.52 bits per heavy atom. The van der Waals surface area contributed by atoms with Crippen LogP contribution in [0, 0.1) is 5.92 Å². The summed E-state index contributed by atoms with van der Waals surface area (Å²) in [6.45, 7) is 11.6. The molecule has 21 heavy (non-hydrogen) atoms. The Kier molecular flexibility index (Phi) is 6.25. The average Bonchev–Trinajstić information content (AvgIpc) is 2.86. The quantitative estimate of drug-likeness (QED) is 0.807. The largest absolute Gasteiger partial charge is 0.310 e. The molecule has 1 fully saturated rings. The van der Waals surface area contributed by atoms with Crippen molar-refractivity contribution in [2.75, 3.05) is 13.1 Å². The van der Waals surface area contributed by atoms with Crippen LogP contribution >= 0.6 is 0 Å². The summed E-state index contributed by atoms with van der Waals surface area (Å²) in [4.78, 5) is 2.75. The van der Waals surface area contributed by atoms with Crippen LogP contribution in [0.25, 0.3) is 0 Å². The summed E-state index contributed by atoms with van der Waals surface area (Å²) in [5, 5.41) is 3.69. The second kappa shape index (κ2) is 7.95. The molecule has 2 rings (SSSR count). The molecule has 0 amide bonds. The first-order chi connectivity index (χ1) is 10.2. The van der Waals surface area contributed by atoms with E-state index in [1.165, 1.54) is 31.4 Å². The third kappa shape index (κ3) is 4.08. The van der Waals surface area contributed by atoms with E-state index in [-0.39, 0.29) is 0 Å². The topological polar surface area (TPSA) is 15.3 Å². The first-order valence-electron chi connectivity index (χ1n) is 8.71. The van der Waals surface area contributed by atoms with E-state index in [0.29, 0.717) is 12.0 Å². The Morgan fingerprint density at radius 1 is 1.19 bits per heavy atom. The summed E-state index contributed by atoms with van der Waals surface area (Å²) < 4.78 is 0. The summed E-state index contributed by atoms with van der Waals surface area (Å²) in [6.07, 6.45) is 4.03. The highest BCUT2D eigenvalue weighted by Gasteiger charge is 2.31. The molecule has 2 nitrogen and oxygen atoms in total. The van der Waals surface area contributed by atoms with E-state index >= 15 is 0 Å². The molecule has 1 aromatic rings. The van der Waals surface area contributed by atoms with Gasteiger partial charge in [0, 0.05) is 24.7 Å². The zero-order valence-electron chi connectivity index (χ0n) is 14.2. The Hall–Kier alpha value is -0.860. The van der Waals surface area contributed by atoms with E-state index in [9.17, 15) is 0 Å². The van der Waals surface area contributed by atoms with E-state index in [0.717, 1.165) is 18.6 Å². The molecule has 1 saturated heterocycles.